The van der Waals surface area contributed by atoms with Crippen LogP contribution in [0.4, 0.5) is 5.82 Å². The first-order valence-corrected chi connectivity index (χ1v) is 4.78. The Balaban J connectivity index is 2.36. The Hall–Kier alpha value is -1.90. The molecule has 0 radical (unpaired) electrons. The van der Waals surface area contributed by atoms with Crippen LogP contribution in [0.2, 0.25) is 0 Å². The summed E-state index contributed by atoms with van der Waals surface area (Å²) >= 11 is 4.48. The fraction of sp³-hybridized carbons (Fsp3) is 0. The van der Waals surface area contributed by atoms with E-state index in [9.17, 15) is 0 Å². The zero-order valence-electron chi connectivity index (χ0n) is 7.79. The molecule has 0 aliphatic rings. The number of thiocarbonyl (C=S) groups is 1. The molecule has 0 unspecified atom stereocenters. The molecule has 0 atom stereocenters. The molecule has 0 aliphatic carbocycles. The van der Waals surface area contributed by atoms with Gasteiger partial charge in [-0.1, -0.05) is 30.3 Å². The SMILES string of the molecule is S=C=Nc1ccc(-c2ccccc2)nn1. The molecule has 0 saturated heterocycles. The van der Waals surface area contributed by atoms with Crippen molar-refractivity contribution in [1.29, 1.82) is 0 Å². The van der Waals surface area contributed by atoms with Gasteiger partial charge in [0, 0.05) is 5.56 Å². The van der Waals surface area contributed by atoms with Crippen molar-refractivity contribution in [3.8, 4) is 11.3 Å². The average molecular weight is 213 g/mol. The van der Waals surface area contributed by atoms with Crippen LogP contribution < -0.4 is 0 Å². The predicted molar refractivity (Wildman–Crippen MR) is 62.2 cm³/mol. The second-order valence-corrected chi connectivity index (χ2v) is 3.03. The topological polar surface area (TPSA) is 38.1 Å². The Bertz CT molecular complexity index is 487. The molecule has 1 aromatic heterocycles. The number of hydrogen-bond donors (Lipinski definition) is 0. The van der Waals surface area contributed by atoms with Gasteiger partial charge in [0.15, 0.2) is 5.82 Å². The van der Waals surface area contributed by atoms with E-state index >= 15 is 0 Å². The van der Waals surface area contributed by atoms with E-state index in [1.165, 1.54) is 0 Å². The number of aliphatic imine (C=N–C) groups is 1. The van der Waals surface area contributed by atoms with Crippen molar-refractivity contribution in [1.82, 2.24) is 10.2 Å². The molecule has 1 heterocycles. The van der Waals surface area contributed by atoms with Gasteiger partial charge in [-0.2, -0.15) is 4.99 Å². The van der Waals surface area contributed by atoms with Gasteiger partial charge in [-0.3, -0.25) is 0 Å². The standard InChI is InChI=1S/C11H7N3S/c15-8-12-11-7-6-10(13-14-11)9-4-2-1-3-5-9/h1-7H. The summed E-state index contributed by atoms with van der Waals surface area (Å²) in [6.07, 6.45) is 0. The van der Waals surface area contributed by atoms with Gasteiger partial charge in [0.2, 0.25) is 0 Å². The lowest BCUT2D eigenvalue weighted by atomic mass is 10.1. The molecule has 72 valence electrons. The molecule has 0 fully saturated rings. The van der Waals surface area contributed by atoms with E-state index in [2.05, 4.69) is 32.6 Å². The zero-order valence-corrected chi connectivity index (χ0v) is 8.61. The van der Waals surface area contributed by atoms with Crippen molar-refractivity contribution in [2.75, 3.05) is 0 Å². The maximum absolute atomic E-state index is 4.48. The number of benzene rings is 1. The summed E-state index contributed by atoms with van der Waals surface area (Å²) in [5.74, 6) is 0.477. The summed E-state index contributed by atoms with van der Waals surface area (Å²) in [7, 11) is 0. The maximum Gasteiger partial charge on any atom is 0.184 e. The van der Waals surface area contributed by atoms with Gasteiger partial charge in [0.05, 0.1) is 10.9 Å². The molecule has 3 nitrogen and oxygen atoms in total. The Morgan fingerprint density at radius 2 is 1.80 bits per heavy atom. The summed E-state index contributed by atoms with van der Waals surface area (Å²) < 4.78 is 0. The van der Waals surface area contributed by atoms with Gasteiger partial charge in [0.1, 0.15) is 0 Å². The average Bonchev–Trinajstić information content (AvgIpc) is 2.32. The lowest BCUT2D eigenvalue weighted by molar-refractivity contribution is 1.03. The Morgan fingerprint density at radius 3 is 2.40 bits per heavy atom. The van der Waals surface area contributed by atoms with Crippen molar-refractivity contribution >= 4 is 23.2 Å². The Kier molecular flexibility index (Phi) is 2.93. The smallest absolute Gasteiger partial charge is 0.172 e. The summed E-state index contributed by atoms with van der Waals surface area (Å²) in [6.45, 7) is 0. The molecule has 2 rings (SSSR count). The van der Waals surface area contributed by atoms with E-state index in [0.717, 1.165) is 11.3 Å². The predicted octanol–water partition coefficient (Wildman–Crippen LogP) is 2.88. The lowest BCUT2D eigenvalue weighted by Crippen LogP contribution is -1.86. The van der Waals surface area contributed by atoms with E-state index < -0.39 is 0 Å². The van der Waals surface area contributed by atoms with Crippen molar-refractivity contribution in [3.63, 3.8) is 0 Å². The number of isothiocyanates is 1. The monoisotopic (exact) mass is 213 g/mol. The summed E-state index contributed by atoms with van der Waals surface area (Å²) in [6, 6.07) is 13.4. The molecule has 0 aliphatic heterocycles. The number of nitrogens with zero attached hydrogens (tertiary/aromatic N) is 3. The fourth-order valence-corrected chi connectivity index (χ4v) is 1.29. The third kappa shape index (κ3) is 2.31. The highest BCUT2D eigenvalue weighted by molar-refractivity contribution is 7.78. The molecule has 0 spiro atoms. The second kappa shape index (κ2) is 4.55. The van der Waals surface area contributed by atoms with Crippen LogP contribution in [-0.4, -0.2) is 15.4 Å². The third-order valence-corrected chi connectivity index (χ3v) is 1.97. The highest BCUT2D eigenvalue weighted by Gasteiger charge is 1.98. The van der Waals surface area contributed by atoms with Crippen molar-refractivity contribution in [3.05, 3.63) is 42.5 Å². The lowest BCUT2D eigenvalue weighted by Gasteiger charge is -1.98. The van der Waals surface area contributed by atoms with E-state index in [4.69, 9.17) is 0 Å². The molecule has 0 bridgehead atoms. The highest BCUT2D eigenvalue weighted by atomic mass is 32.1. The van der Waals surface area contributed by atoms with Crippen LogP contribution in [-0.2, 0) is 0 Å². The molecular weight excluding hydrogens is 206 g/mol. The van der Waals surface area contributed by atoms with Gasteiger partial charge in [0.25, 0.3) is 0 Å². The number of hydrogen-bond acceptors (Lipinski definition) is 4. The zero-order chi connectivity index (χ0) is 10.5. The van der Waals surface area contributed by atoms with E-state index in [0.29, 0.717) is 5.82 Å². The first kappa shape index (κ1) is 9.65. The van der Waals surface area contributed by atoms with Gasteiger partial charge >= 0.3 is 0 Å². The van der Waals surface area contributed by atoms with Crippen LogP contribution in [0.3, 0.4) is 0 Å². The van der Waals surface area contributed by atoms with E-state index in [1.807, 2.05) is 36.4 Å². The van der Waals surface area contributed by atoms with Gasteiger partial charge in [-0.15, -0.1) is 10.2 Å². The van der Waals surface area contributed by atoms with Crippen molar-refractivity contribution < 1.29 is 0 Å². The van der Waals surface area contributed by atoms with E-state index in [-0.39, 0.29) is 0 Å². The summed E-state index contributed by atoms with van der Waals surface area (Å²) in [5, 5.41) is 10.2. The first-order valence-electron chi connectivity index (χ1n) is 4.37. The minimum atomic E-state index is 0.477. The molecule has 2 aromatic rings. The molecule has 0 amide bonds. The largest absolute Gasteiger partial charge is 0.184 e. The highest BCUT2D eigenvalue weighted by Crippen LogP contribution is 2.16. The Labute approximate surface area is 92.5 Å². The number of rotatable bonds is 2. The second-order valence-electron chi connectivity index (χ2n) is 2.85. The summed E-state index contributed by atoms with van der Waals surface area (Å²) in [5.41, 5.74) is 1.85. The van der Waals surface area contributed by atoms with Crippen LogP contribution in [0.1, 0.15) is 0 Å². The van der Waals surface area contributed by atoms with Crippen LogP contribution in [0.15, 0.2) is 47.5 Å². The molecule has 1 aromatic carbocycles. The minimum absolute atomic E-state index is 0.477. The fourth-order valence-electron chi connectivity index (χ4n) is 1.19. The van der Waals surface area contributed by atoms with Crippen molar-refractivity contribution in [2.24, 2.45) is 4.99 Å². The van der Waals surface area contributed by atoms with Crippen LogP contribution in [0.5, 0.6) is 0 Å². The quantitative estimate of drug-likeness (QED) is 0.568. The van der Waals surface area contributed by atoms with Gasteiger partial charge < -0.3 is 0 Å². The molecule has 4 heteroatoms. The van der Waals surface area contributed by atoms with Crippen molar-refractivity contribution in [2.45, 2.75) is 0 Å². The molecule has 0 N–H and O–H groups in total. The first-order chi connectivity index (χ1) is 7.40. The normalized spacial score (nSPS) is 9.33. The number of aromatic nitrogens is 2. The molecule has 15 heavy (non-hydrogen) atoms. The van der Waals surface area contributed by atoms with Crippen LogP contribution in [0.25, 0.3) is 11.3 Å². The molecule has 0 saturated carbocycles. The van der Waals surface area contributed by atoms with Crippen LogP contribution >= 0.6 is 12.2 Å². The van der Waals surface area contributed by atoms with Gasteiger partial charge in [-0.05, 0) is 24.4 Å². The summed E-state index contributed by atoms with van der Waals surface area (Å²) in [4.78, 5) is 3.73. The third-order valence-electron chi connectivity index (χ3n) is 1.88. The van der Waals surface area contributed by atoms with Gasteiger partial charge in [-0.25, -0.2) is 0 Å². The maximum atomic E-state index is 4.48. The Morgan fingerprint density at radius 1 is 1.00 bits per heavy atom. The van der Waals surface area contributed by atoms with E-state index in [1.54, 1.807) is 6.07 Å². The van der Waals surface area contributed by atoms with Crippen LogP contribution in [0, 0.1) is 0 Å². The minimum Gasteiger partial charge on any atom is -0.172 e. The molecular formula is C11H7N3S.